The van der Waals surface area contributed by atoms with Crippen molar-refractivity contribution in [3.05, 3.63) is 65.7 Å². The molecule has 1 atom stereocenters. The lowest BCUT2D eigenvalue weighted by atomic mass is 9.92. The highest BCUT2D eigenvalue weighted by Gasteiger charge is 2.30. The first-order valence-corrected chi connectivity index (χ1v) is 12.4. The monoisotopic (exact) mass is 463 g/mol. The van der Waals surface area contributed by atoms with Gasteiger partial charge >= 0.3 is 0 Å². The van der Waals surface area contributed by atoms with Crippen LogP contribution in [0.4, 0.5) is 21.8 Å². The maximum atomic E-state index is 13.7. The van der Waals surface area contributed by atoms with Gasteiger partial charge in [-0.15, -0.1) is 0 Å². The molecule has 2 aromatic heterocycles. The number of aromatic nitrogens is 3. The van der Waals surface area contributed by atoms with Crippen molar-refractivity contribution >= 4 is 39.2 Å². The van der Waals surface area contributed by atoms with Crippen molar-refractivity contribution in [2.75, 3.05) is 29.1 Å². The van der Waals surface area contributed by atoms with Gasteiger partial charge in [0.05, 0.1) is 22.2 Å². The number of hydrogen-bond acceptors (Lipinski definition) is 7. The summed E-state index contributed by atoms with van der Waals surface area (Å²) in [5, 5.41) is 8.59. The number of anilines is 3. The lowest BCUT2D eigenvalue weighted by Gasteiger charge is -2.31. The minimum atomic E-state index is -1.16. The number of para-hydroxylation sites is 1. The minimum absolute atomic E-state index is 0.316. The molecule has 0 aliphatic carbocycles. The zero-order valence-electron chi connectivity index (χ0n) is 17.8. The Bertz CT molecular complexity index is 1370. The van der Waals surface area contributed by atoms with E-state index in [0.29, 0.717) is 40.4 Å². The summed E-state index contributed by atoms with van der Waals surface area (Å²) in [5.74, 6) is 1.63. The molecule has 1 fully saturated rings. The lowest BCUT2D eigenvalue weighted by molar-refractivity contribution is 0.416. The topological polar surface area (TPSA) is 84.2 Å². The summed E-state index contributed by atoms with van der Waals surface area (Å²) in [7, 11) is -1.16. The molecule has 0 spiro atoms. The first-order chi connectivity index (χ1) is 16.2. The Labute approximate surface area is 192 Å². The third-order valence-electron chi connectivity index (χ3n) is 6.33. The summed E-state index contributed by atoms with van der Waals surface area (Å²) < 4.78 is 31.8. The van der Waals surface area contributed by atoms with Gasteiger partial charge in [-0.1, -0.05) is 23.4 Å². The number of hydrogen-bond donors (Lipinski definition) is 1. The Morgan fingerprint density at radius 3 is 2.79 bits per heavy atom. The summed E-state index contributed by atoms with van der Waals surface area (Å²) in [4.78, 5) is 12.3. The van der Waals surface area contributed by atoms with Crippen LogP contribution in [0.25, 0.3) is 11.0 Å². The highest BCUT2D eigenvalue weighted by Crippen LogP contribution is 2.36. The normalized spacial score (nSPS) is 18.6. The molecule has 0 radical (unpaired) electrons. The van der Waals surface area contributed by atoms with Crippen LogP contribution >= 0.6 is 0 Å². The predicted octanol–water partition coefficient (Wildman–Crippen LogP) is 4.55. The van der Waals surface area contributed by atoms with Crippen LogP contribution in [0.5, 0.6) is 0 Å². The summed E-state index contributed by atoms with van der Waals surface area (Å²) >= 11 is 0. The van der Waals surface area contributed by atoms with E-state index < -0.39 is 10.8 Å². The van der Waals surface area contributed by atoms with Crippen LogP contribution in [0.1, 0.15) is 30.1 Å². The summed E-state index contributed by atoms with van der Waals surface area (Å²) in [6.45, 7) is 1.57. The van der Waals surface area contributed by atoms with Gasteiger partial charge in [-0.3, -0.25) is 4.21 Å². The molecule has 7 nitrogen and oxygen atoms in total. The first-order valence-electron chi connectivity index (χ1n) is 11.1. The zero-order valence-corrected chi connectivity index (χ0v) is 18.6. The predicted molar refractivity (Wildman–Crippen MR) is 125 cm³/mol. The van der Waals surface area contributed by atoms with Crippen molar-refractivity contribution in [1.29, 1.82) is 0 Å². The number of benzene rings is 2. The highest BCUT2D eigenvalue weighted by molar-refractivity contribution is 7.85. The van der Waals surface area contributed by atoms with Crippen LogP contribution < -0.4 is 10.2 Å². The van der Waals surface area contributed by atoms with Gasteiger partial charge in [-0.05, 0) is 43.2 Å². The molecule has 1 saturated heterocycles. The van der Waals surface area contributed by atoms with Gasteiger partial charge in [0.1, 0.15) is 10.7 Å². The van der Waals surface area contributed by atoms with Crippen molar-refractivity contribution in [1.82, 2.24) is 15.1 Å². The van der Waals surface area contributed by atoms with Crippen molar-refractivity contribution in [2.45, 2.75) is 30.1 Å². The van der Waals surface area contributed by atoms with Crippen LogP contribution in [0.15, 0.2) is 57.9 Å². The van der Waals surface area contributed by atoms with Crippen molar-refractivity contribution in [3.8, 4) is 0 Å². The molecule has 33 heavy (non-hydrogen) atoms. The van der Waals surface area contributed by atoms with E-state index in [1.165, 1.54) is 12.1 Å². The molecule has 2 aliphatic rings. The van der Waals surface area contributed by atoms with E-state index in [1.54, 1.807) is 12.1 Å². The number of rotatable bonds is 4. The van der Waals surface area contributed by atoms with Crippen molar-refractivity contribution < 1.29 is 13.1 Å². The van der Waals surface area contributed by atoms with Crippen LogP contribution in [0, 0.1) is 5.82 Å². The van der Waals surface area contributed by atoms with Gasteiger partial charge < -0.3 is 14.7 Å². The van der Waals surface area contributed by atoms with Crippen molar-refractivity contribution in [3.63, 3.8) is 0 Å². The Balaban J connectivity index is 1.26. The molecule has 168 valence electrons. The van der Waals surface area contributed by atoms with Gasteiger partial charge in [-0.2, -0.15) is 4.98 Å². The Morgan fingerprint density at radius 1 is 1.09 bits per heavy atom. The standard InChI is InChI=1S/C24H22FN5O2S/c25-16-4-3-5-17(14-16)26-23-22-19(10-13-33(22)31)27-24(28-23)30-11-8-15(9-12-30)21-18-6-1-2-7-20(18)32-29-21/h1-7,14-15H,8-13H2,(H,26,27,28). The fourth-order valence-electron chi connectivity index (χ4n) is 4.67. The molecule has 0 amide bonds. The molecular weight excluding hydrogens is 441 g/mol. The van der Waals surface area contributed by atoms with Crippen LogP contribution in [-0.2, 0) is 17.2 Å². The smallest absolute Gasteiger partial charge is 0.227 e. The highest BCUT2D eigenvalue weighted by atomic mass is 32.2. The molecule has 6 rings (SSSR count). The SMILES string of the molecule is O=S1CCc2nc(N3CCC(c4noc5ccccc45)CC3)nc(Nc3cccc(F)c3)c21. The second-order valence-electron chi connectivity index (χ2n) is 8.41. The lowest BCUT2D eigenvalue weighted by Crippen LogP contribution is -2.34. The third-order valence-corrected chi connectivity index (χ3v) is 7.79. The molecule has 0 saturated carbocycles. The summed E-state index contributed by atoms with van der Waals surface area (Å²) in [6.07, 6.45) is 2.47. The van der Waals surface area contributed by atoms with E-state index in [2.05, 4.69) is 21.4 Å². The van der Waals surface area contributed by atoms with Gasteiger partial charge in [0.15, 0.2) is 11.4 Å². The molecule has 4 aromatic rings. The largest absolute Gasteiger partial charge is 0.356 e. The van der Waals surface area contributed by atoms with Crippen LogP contribution in [0.3, 0.4) is 0 Å². The van der Waals surface area contributed by atoms with Crippen molar-refractivity contribution in [2.24, 2.45) is 0 Å². The molecular formula is C24H22FN5O2S. The Hall–Kier alpha value is -3.33. The Kier molecular flexibility index (Phi) is 5.05. The fraction of sp³-hybridized carbons (Fsp3) is 0.292. The van der Waals surface area contributed by atoms with Crippen LogP contribution in [0.2, 0.25) is 0 Å². The second-order valence-corrected chi connectivity index (χ2v) is 9.92. The number of fused-ring (bicyclic) bond motifs is 2. The molecule has 2 aromatic carbocycles. The number of halogens is 1. The summed E-state index contributed by atoms with van der Waals surface area (Å²) in [6, 6.07) is 14.2. The molecule has 4 heterocycles. The molecule has 9 heteroatoms. The van der Waals surface area contributed by atoms with Gasteiger partial charge in [0.25, 0.3) is 0 Å². The van der Waals surface area contributed by atoms with Gasteiger partial charge in [0.2, 0.25) is 5.95 Å². The van der Waals surface area contributed by atoms with E-state index in [0.717, 1.165) is 48.3 Å². The van der Waals surface area contributed by atoms with Gasteiger partial charge in [-0.25, -0.2) is 9.37 Å². The number of piperidine rings is 1. The van der Waals surface area contributed by atoms with E-state index in [-0.39, 0.29) is 5.82 Å². The molecule has 1 N–H and O–H groups in total. The second kappa shape index (κ2) is 8.22. The van der Waals surface area contributed by atoms with E-state index in [1.807, 2.05) is 18.2 Å². The zero-order chi connectivity index (χ0) is 22.4. The molecule has 2 aliphatic heterocycles. The average Bonchev–Trinajstić information content (AvgIpc) is 3.43. The van der Waals surface area contributed by atoms with Crippen LogP contribution in [-0.4, -0.2) is 38.2 Å². The quantitative estimate of drug-likeness (QED) is 0.475. The number of nitrogens with zero attached hydrogens (tertiary/aromatic N) is 4. The van der Waals surface area contributed by atoms with E-state index in [9.17, 15) is 8.60 Å². The van der Waals surface area contributed by atoms with E-state index in [4.69, 9.17) is 14.5 Å². The maximum absolute atomic E-state index is 13.7. The summed E-state index contributed by atoms with van der Waals surface area (Å²) in [5.41, 5.74) is 3.21. The van der Waals surface area contributed by atoms with Gasteiger partial charge in [0, 0.05) is 42.3 Å². The fourth-order valence-corrected chi connectivity index (χ4v) is 5.97. The van der Waals surface area contributed by atoms with E-state index >= 15 is 0 Å². The Morgan fingerprint density at radius 2 is 1.94 bits per heavy atom. The maximum Gasteiger partial charge on any atom is 0.227 e. The number of nitrogens with one attached hydrogen (secondary N) is 1. The molecule has 0 bridgehead atoms. The average molecular weight is 464 g/mol. The third kappa shape index (κ3) is 3.76. The first kappa shape index (κ1) is 20.3. The number of aryl methyl sites for hydroxylation is 1. The molecule has 1 unspecified atom stereocenters. The minimum Gasteiger partial charge on any atom is -0.356 e.